The van der Waals surface area contributed by atoms with Gasteiger partial charge in [0.1, 0.15) is 24.6 Å². The molecule has 0 aliphatic carbocycles. The van der Waals surface area contributed by atoms with Crippen molar-refractivity contribution in [1.82, 2.24) is 9.55 Å². The second-order valence-electron chi connectivity index (χ2n) is 4.69. The average Bonchev–Trinajstić information content (AvgIpc) is 2.41. The topological polar surface area (TPSA) is 44.1 Å². The Balaban J connectivity index is 2.21. The van der Waals surface area contributed by atoms with Crippen molar-refractivity contribution in [1.29, 1.82) is 0 Å². The average molecular weight is 315 g/mol. The van der Waals surface area contributed by atoms with Crippen molar-refractivity contribution in [3.05, 3.63) is 57.1 Å². The molecule has 0 unspecified atom stereocenters. The third-order valence-electron chi connectivity index (χ3n) is 2.85. The van der Waals surface area contributed by atoms with Gasteiger partial charge in [0, 0.05) is 17.7 Å². The first kappa shape index (κ1) is 15.4. The van der Waals surface area contributed by atoms with E-state index in [0.717, 1.165) is 12.1 Å². The summed E-state index contributed by atoms with van der Waals surface area (Å²) in [5.41, 5.74) is -0.293. The van der Waals surface area contributed by atoms with Crippen LogP contribution in [0.15, 0.2) is 29.3 Å². The number of hydrogen-bond acceptors (Lipinski definition) is 3. The molecule has 2 rings (SSSR count). The summed E-state index contributed by atoms with van der Waals surface area (Å²) in [5, 5.41) is -0.172. The van der Waals surface area contributed by atoms with Gasteiger partial charge in [0.15, 0.2) is 5.02 Å². The second-order valence-corrected chi connectivity index (χ2v) is 5.07. The number of ether oxygens (including phenoxy) is 1. The number of halogens is 3. The van der Waals surface area contributed by atoms with E-state index in [-0.39, 0.29) is 29.1 Å². The first-order chi connectivity index (χ1) is 9.90. The predicted molar refractivity (Wildman–Crippen MR) is 74.6 cm³/mol. The Morgan fingerprint density at radius 2 is 2.10 bits per heavy atom. The molecular formula is C14H13ClF2N2O2. The lowest BCUT2D eigenvalue weighted by molar-refractivity contribution is 0.285. The maximum Gasteiger partial charge on any atom is 0.276 e. The molecular weight excluding hydrogens is 302 g/mol. The summed E-state index contributed by atoms with van der Waals surface area (Å²) in [7, 11) is 0. The van der Waals surface area contributed by atoms with Crippen LogP contribution < -0.4 is 10.3 Å². The minimum absolute atomic E-state index is 0.0812. The third kappa shape index (κ3) is 3.39. The molecule has 2 aromatic rings. The van der Waals surface area contributed by atoms with Crippen molar-refractivity contribution in [2.75, 3.05) is 0 Å². The lowest BCUT2D eigenvalue weighted by Crippen LogP contribution is -2.23. The van der Waals surface area contributed by atoms with Crippen LogP contribution in [-0.2, 0) is 6.61 Å². The maximum absolute atomic E-state index is 13.5. The number of benzene rings is 1. The van der Waals surface area contributed by atoms with Crippen LogP contribution in [0.1, 0.15) is 25.5 Å². The molecule has 0 amide bonds. The van der Waals surface area contributed by atoms with E-state index in [4.69, 9.17) is 16.3 Å². The van der Waals surface area contributed by atoms with Gasteiger partial charge in [-0.3, -0.25) is 9.36 Å². The van der Waals surface area contributed by atoms with E-state index in [1.54, 1.807) is 0 Å². The summed E-state index contributed by atoms with van der Waals surface area (Å²) >= 11 is 5.90. The lowest BCUT2D eigenvalue weighted by Gasteiger charge is -2.12. The summed E-state index contributed by atoms with van der Waals surface area (Å²) < 4.78 is 32.8. The lowest BCUT2D eigenvalue weighted by atomic mass is 10.2. The zero-order valence-electron chi connectivity index (χ0n) is 11.4. The summed E-state index contributed by atoms with van der Waals surface area (Å²) in [6, 6.07) is 3.04. The Hall–Kier alpha value is -1.95. The van der Waals surface area contributed by atoms with Crippen LogP contribution in [0.2, 0.25) is 5.02 Å². The number of rotatable bonds is 4. The zero-order chi connectivity index (χ0) is 15.6. The molecule has 4 nitrogen and oxygen atoms in total. The van der Waals surface area contributed by atoms with E-state index in [1.807, 2.05) is 13.8 Å². The SMILES string of the molecule is CC(C)n1cnc(OCc2ccc(F)cc2F)c(Cl)c1=O. The van der Waals surface area contributed by atoms with E-state index in [1.165, 1.54) is 17.0 Å². The molecule has 0 bridgehead atoms. The highest BCUT2D eigenvalue weighted by Crippen LogP contribution is 2.19. The molecule has 0 aliphatic heterocycles. The molecule has 112 valence electrons. The number of aromatic nitrogens is 2. The van der Waals surface area contributed by atoms with Crippen molar-refractivity contribution in [3.63, 3.8) is 0 Å². The number of nitrogens with zero attached hydrogens (tertiary/aromatic N) is 2. The second kappa shape index (κ2) is 6.22. The quantitative estimate of drug-likeness (QED) is 0.869. The Morgan fingerprint density at radius 3 is 2.71 bits per heavy atom. The molecule has 1 aromatic carbocycles. The zero-order valence-corrected chi connectivity index (χ0v) is 12.2. The maximum atomic E-state index is 13.5. The van der Waals surface area contributed by atoms with Gasteiger partial charge in [-0.05, 0) is 26.0 Å². The van der Waals surface area contributed by atoms with Gasteiger partial charge in [-0.15, -0.1) is 0 Å². The molecule has 1 heterocycles. The van der Waals surface area contributed by atoms with Gasteiger partial charge in [0.2, 0.25) is 5.88 Å². The molecule has 0 fully saturated rings. The minimum atomic E-state index is -0.735. The van der Waals surface area contributed by atoms with Crippen molar-refractivity contribution >= 4 is 11.6 Å². The van der Waals surface area contributed by atoms with Crippen molar-refractivity contribution in [3.8, 4) is 5.88 Å². The van der Waals surface area contributed by atoms with Gasteiger partial charge >= 0.3 is 0 Å². The standard InChI is InChI=1S/C14H13ClF2N2O2/c1-8(2)19-7-18-13(12(15)14(19)20)21-6-9-3-4-10(16)5-11(9)17/h3-5,7-8H,6H2,1-2H3. The van der Waals surface area contributed by atoms with Gasteiger partial charge in [-0.1, -0.05) is 11.6 Å². The fourth-order valence-electron chi connectivity index (χ4n) is 1.68. The molecule has 7 heteroatoms. The number of hydrogen-bond donors (Lipinski definition) is 0. The van der Waals surface area contributed by atoms with E-state index in [0.29, 0.717) is 0 Å². The van der Waals surface area contributed by atoms with Gasteiger partial charge in [-0.25, -0.2) is 13.8 Å². The third-order valence-corrected chi connectivity index (χ3v) is 3.17. The van der Waals surface area contributed by atoms with E-state index in [9.17, 15) is 13.6 Å². The van der Waals surface area contributed by atoms with Crippen LogP contribution in [0.4, 0.5) is 8.78 Å². The molecule has 1 aromatic heterocycles. The van der Waals surface area contributed by atoms with E-state index < -0.39 is 17.2 Å². The molecule has 0 saturated carbocycles. The first-order valence-electron chi connectivity index (χ1n) is 6.23. The fraction of sp³-hybridized carbons (Fsp3) is 0.286. The van der Waals surface area contributed by atoms with Crippen LogP contribution in [0.5, 0.6) is 5.88 Å². The van der Waals surface area contributed by atoms with Gasteiger partial charge < -0.3 is 4.74 Å². The summed E-state index contributed by atoms with van der Waals surface area (Å²) in [5.74, 6) is -1.49. The van der Waals surface area contributed by atoms with Crippen LogP contribution in [0.3, 0.4) is 0 Å². The van der Waals surface area contributed by atoms with Gasteiger partial charge in [0.25, 0.3) is 5.56 Å². The summed E-state index contributed by atoms with van der Waals surface area (Å²) in [6.45, 7) is 3.42. The van der Waals surface area contributed by atoms with Crippen molar-refractivity contribution < 1.29 is 13.5 Å². The summed E-state index contributed by atoms with van der Waals surface area (Å²) in [4.78, 5) is 15.9. The minimum Gasteiger partial charge on any atom is -0.471 e. The molecule has 0 radical (unpaired) electrons. The molecule has 0 spiro atoms. The highest BCUT2D eigenvalue weighted by atomic mass is 35.5. The van der Waals surface area contributed by atoms with Crippen LogP contribution in [0.25, 0.3) is 0 Å². The van der Waals surface area contributed by atoms with Crippen molar-refractivity contribution in [2.45, 2.75) is 26.5 Å². The highest BCUT2D eigenvalue weighted by molar-refractivity contribution is 6.31. The first-order valence-corrected chi connectivity index (χ1v) is 6.61. The molecule has 0 saturated heterocycles. The molecule has 0 atom stereocenters. The largest absolute Gasteiger partial charge is 0.471 e. The Labute approximate surface area is 125 Å². The normalized spacial score (nSPS) is 11.0. The predicted octanol–water partition coefficient (Wildman–Crippen LogP) is 3.33. The smallest absolute Gasteiger partial charge is 0.276 e. The Kier molecular flexibility index (Phi) is 4.57. The fourth-order valence-corrected chi connectivity index (χ4v) is 1.88. The Bertz CT molecular complexity index is 717. The highest BCUT2D eigenvalue weighted by Gasteiger charge is 2.13. The molecule has 0 aliphatic rings. The molecule has 21 heavy (non-hydrogen) atoms. The monoisotopic (exact) mass is 314 g/mol. The Morgan fingerprint density at radius 1 is 1.38 bits per heavy atom. The van der Waals surface area contributed by atoms with E-state index in [2.05, 4.69) is 4.98 Å². The van der Waals surface area contributed by atoms with Gasteiger partial charge in [-0.2, -0.15) is 0 Å². The van der Waals surface area contributed by atoms with Gasteiger partial charge in [0.05, 0.1) is 0 Å². The van der Waals surface area contributed by atoms with Crippen LogP contribution in [-0.4, -0.2) is 9.55 Å². The van der Waals surface area contributed by atoms with Crippen molar-refractivity contribution in [2.24, 2.45) is 0 Å². The van der Waals surface area contributed by atoms with E-state index >= 15 is 0 Å². The van der Waals surface area contributed by atoms with Crippen LogP contribution >= 0.6 is 11.6 Å². The summed E-state index contributed by atoms with van der Waals surface area (Å²) in [6.07, 6.45) is 1.31. The van der Waals surface area contributed by atoms with Crippen LogP contribution in [0, 0.1) is 11.6 Å². The molecule has 0 N–H and O–H groups in total.